The predicted octanol–water partition coefficient (Wildman–Crippen LogP) is -0.255. The number of hydrogen-bond donors (Lipinski definition) is 2. The first-order valence-corrected chi connectivity index (χ1v) is 5.85. The van der Waals surface area contributed by atoms with Crippen molar-refractivity contribution in [1.82, 2.24) is 20.0 Å². The molecule has 0 saturated carbocycles. The van der Waals surface area contributed by atoms with E-state index in [2.05, 4.69) is 27.7 Å². The van der Waals surface area contributed by atoms with E-state index < -0.39 is 0 Å². The number of anilines is 1. The quantitative estimate of drug-likeness (QED) is 0.758. The SMILES string of the molecule is CNC(=O)Cn1cc(NC2CCN(C)C2)cn1. The van der Waals surface area contributed by atoms with E-state index in [1.165, 1.54) is 0 Å². The van der Waals surface area contributed by atoms with Crippen LogP contribution in [-0.2, 0) is 11.3 Å². The Bertz CT molecular complexity index is 389. The van der Waals surface area contributed by atoms with Crippen molar-refractivity contribution in [2.45, 2.75) is 19.0 Å². The number of rotatable bonds is 4. The minimum absolute atomic E-state index is 0.0414. The van der Waals surface area contributed by atoms with Gasteiger partial charge in [0.05, 0.1) is 11.9 Å². The predicted molar refractivity (Wildman–Crippen MR) is 65.8 cm³/mol. The molecule has 94 valence electrons. The molecule has 6 nitrogen and oxygen atoms in total. The molecule has 17 heavy (non-hydrogen) atoms. The maximum absolute atomic E-state index is 11.2. The van der Waals surface area contributed by atoms with Crippen molar-refractivity contribution >= 4 is 11.6 Å². The Kier molecular flexibility index (Phi) is 3.63. The lowest BCUT2D eigenvalue weighted by atomic mass is 10.2. The lowest BCUT2D eigenvalue weighted by molar-refractivity contribution is -0.121. The summed E-state index contributed by atoms with van der Waals surface area (Å²) in [6.45, 7) is 2.45. The Labute approximate surface area is 101 Å². The van der Waals surface area contributed by atoms with Crippen LogP contribution in [0.5, 0.6) is 0 Å². The monoisotopic (exact) mass is 237 g/mol. The molecule has 1 aliphatic heterocycles. The smallest absolute Gasteiger partial charge is 0.241 e. The van der Waals surface area contributed by atoms with Crippen LogP contribution >= 0.6 is 0 Å². The van der Waals surface area contributed by atoms with Crippen molar-refractivity contribution in [3.63, 3.8) is 0 Å². The standard InChI is InChI=1S/C11H19N5O/c1-12-11(17)8-16-7-10(5-13-16)14-9-3-4-15(2)6-9/h5,7,9,14H,3-4,6,8H2,1-2H3,(H,12,17). The molecule has 1 saturated heterocycles. The molecule has 2 N–H and O–H groups in total. The summed E-state index contributed by atoms with van der Waals surface area (Å²) in [4.78, 5) is 13.5. The fraction of sp³-hybridized carbons (Fsp3) is 0.636. The third kappa shape index (κ3) is 3.20. The van der Waals surface area contributed by atoms with Crippen molar-refractivity contribution in [2.24, 2.45) is 0 Å². The molecule has 1 fully saturated rings. The van der Waals surface area contributed by atoms with Crippen LogP contribution < -0.4 is 10.6 Å². The van der Waals surface area contributed by atoms with Gasteiger partial charge in [-0.3, -0.25) is 9.48 Å². The summed E-state index contributed by atoms with van der Waals surface area (Å²) in [5.41, 5.74) is 0.981. The van der Waals surface area contributed by atoms with Crippen LogP contribution in [0.4, 0.5) is 5.69 Å². The van der Waals surface area contributed by atoms with Crippen molar-refractivity contribution in [2.75, 3.05) is 32.5 Å². The average Bonchev–Trinajstić information content (AvgIpc) is 2.89. The molecule has 1 amide bonds. The highest BCUT2D eigenvalue weighted by molar-refractivity contribution is 5.75. The Morgan fingerprint density at radius 3 is 3.12 bits per heavy atom. The van der Waals surface area contributed by atoms with Crippen LogP contribution in [0.2, 0.25) is 0 Å². The number of aromatic nitrogens is 2. The first-order valence-electron chi connectivity index (χ1n) is 5.85. The van der Waals surface area contributed by atoms with Crippen molar-refractivity contribution in [3.05, 3.63) is 12.4 Å². The van der Waals surface area contributed by atoms with E-state index in [1.807, 2.05) is 6.20 Å². The Balaban J connectivity index is 1.87. The van der Waals surface area contributed by atoms with E-state index in [0.717, 1.165) is 25.2 Å². The molecule has 0 radical (unpaired) electrons. The van der Waals surface area contributed by atoms with Crippen LogP contribution in [0.1, 0.15) is 6.42 Å². The number of nitrogens with zero attached hydrogens (tertiary/aromatic N) is 3. The van der Waals surface area contributed by atoms with Crippen molar-refractivity contribution < 1.29 is 4.79 Å². The molecule has 6 heteroatoms. The minimum Gasteiger partial charge on any atom is -0.378 e. The van der Waals surface area contributed by atoms with Gasteiger partial charge in [0.15, 0.2) is 0 Å². The van der Waals surface area contributed by atoms with Crippen LogP contribution in [-0.4, -0.2) is 53.8 Å². The van der Waals surface area contributed by atoms with Gasteiger partial charge in [0.1, 0.15) is 6.54 Å². The lowest BCUT2D eigenvalue weighted by Gasteiger charge is -2.11. The fourth-order valence-electron chi connectivity index (χ4n) is 2.04. The summed E-state index contributed by atoms with van der Waals surface area (Å²) in [5, 5.41) is 10.1. The first-order chi connectivity index (χ1) is 8.17. The average molecular weight is 237 g/mol. The van der Waals surface area contributed by atoms with E-state index in [0.29, 0.717) is 6.04 Å². The van der Waals surface area contributed by atoms with E-state index in [-0.39, 0.29) is 12.5 Å². The molecule has 1 unspecified atom stereocenters. The van der Waals surface area contributed by atoms with Gasteiger partial charge in [-0.05, 0) is 20.0 Å². The molecule has 2 rings (SSSR count). The molecule has 1 atom stereocenters. The summed E-state index contributed by atoms with van der Waals surface area (Å²) in [6, 6.07) is 0.484. The molecule has 0 bridgehead atoms. The minimum atomic E-state index is -0.0414. The van der Waals surface area contributed by atoms with Gasteiger partial charge in [-0.2, -0.15) is 5.10 Å². The number of amides is 1. The molecular formula is C11H19N5O. The van der Waals surface area contributed by atoms with Gasteiger partial charge in [0.25, 0.3) is 0 Å². The second kappa shape index (κ2) is 5.18. The normalized spacial score (nSPS) is 20.5. The second-order valence-electron chi connectivity index (χ2n) is 4.49. The first kappa shape index (κ1) is 11.9. The van der Waals surface area contributed by atoms with E-state index in [1.54, 1.807) is 17.9 Å². The van der Waals surface area contributed by atoms with E-state index in [4.69, 9.17) is 0 Å². The number of carbonyl (C=O) groups excluding carboxylic acids is 1. The van der Waals surface area contributed by atoms with Gasteiger partial charge in [0, 0.05) is 25.8 Å². The molecule has 0 aromatic carbocycles. The Morgan fingerprint density at radius 2 is 2.47 bits per heavy atom. The van der Waals surface area contributed by atoms with Crippen molar-refractivity contribution in [1.29, 1.82) is 0 Å². The highest BCUT2D eigenvalue weighted by Crippen LogP contribution is 2.13. The molecule has 1 aromatic heterocycles. The summed E-state index contributed by atoms with van der Waals surface area (Å²) >= 11 is 0. The van der Waals surface area contributed by atoms with Gasteiger partial charge in [0.2, 0.25) is 5.91 Å². The molecule has 0 spiro atoms. The highest BCUT2D eigenvalue weighted by atomic mass is 16.1. The second-order valence-corrected chi connectivity index (χ2v) is 4.49. The van der Waals surface area contributed by atoms with Crippen LogP contribution in [0.25, 0.3) is 0 Å². The zero-order valence-electron chi connectivity index (χ0n) is 10.3. The molecular weight excluding hydrogens is 218 g/mol. The summed E-state index contributed by atoms with van der Waals surface area (Å²) in [7, 11) is 3.75. The zero-order chi connectivity index (χ0) is 12.3. The Hall–Kier alpha value is -1.56. The highest BCUT2D eigenvalue weighted by Gasteiger charge is 2.19. The van der Waals surface area contributed by atoms with E-state index in [9.17, 15) is 4.79 Å². The molecule has 2 heterocycles. The number of carbonyl (C=O) groups is 1. The third-order valence-electron chi connectivity index (χ3n) is 2.98. The van der Waals surface area contributed by atoms with Gasteiger partial charge in [-0.25, -0.2) is 0 Å². The van der Waals surface area contributed by atoms with Gasteiger partial charge in [-0.1, -0.05) is 0 Å². The summed E-state index contributed by atoms with van der Waals surface area (Å²) < 4.78 is 1.64. The zero-order valence-corrected chi connectivity index (χ0v) is 10.3. The van der Waals surface area contributed by atoms with E-state index >= 15 is 0 Å². The third-order valence-corrected chi connectivity index (χ3v) is 2.98. The van der Waals surface area contributed by atoms with Gasteiger partial charge >= 0.3 is 0 Å². The van der Waals surface area contributed by atoms with Crippen LogP contribution in [0.15, 0.2) is 12.4 Å². The number of likely N-dealkylation sites (N-methyl/N-ethyl adjacent to an activating group) is 2. The maximum Gasteiger partial charge on any atom is 0.241 e. The summed E-state index contributed by atoms with van der Waals surface area (Å²) in [6.07, 6.45) is 4.78. The lowest BCUT2D eigenvalue weighted by Crippen LogP contribution is -2.24. The van der Waals surface area contributed by atoms with Crippen LogP contribution in [0, 0.1) is 0 Å². The maximum atomic E-state index is 11.2. The van der Waals surface area contributed by atoms with Crippen LogP contribution in [0.3, 0.4) is 0 Å². The van der Waals surface area contributed by atoms with Crippen molar-refractivity contribution in [3.8, 4) is 0 Å². The molecule has 1 aliphatic rings. The number of likely N-dealkylation sites (tertiary alicyclic amines) is 1. The largest absolute Gasteiger partial charge is 0.378 e. The molecule has 1 aromatic rings. The Morgan fingerprint density at radius 1 is 1.65 bits per heavy atom. The number of nitrogens with one attached hydrogen (secondary N) is 2. The fourth-order valence-corrected chi connectivity index (χ4v) is 2.04. The molecule has 0 aliphatic carbocycles. The van der Waals surface area contributed by atoms with Gasteiger partial charge < -0.3 is 15.5 Å². The number of hydrogen-bond acceptors (Lipinski definition) is 4. The van der Waals surface area contributed by atoms with Gasteiger partial charge in [-0.15, -0.1) is 0 Å². The topological polar surface area (TPSA) is 62.2 Å². The summed E-state index contributed by atoms with van der Waals surface area (Å²) in [5.74, 6) is -0.0414.